The van der Waals surface area contributed by atoms with Gasteiger partial charge in [-0.25, -0.2) is 18.4 Å². The maximum Gasteiger partial charge on any atom is 0.271 e. The third-order valence-electron chi connectivity index (χ3n) is 4.22. The van der Waals surface area contributed by atoms with Crippen molar-refractivity contribution in [2.75, 3.05) is 50.1 Å². The molecular formula is C16H27N5O3S. The third-order valence-corrected chi connectivity index (χ3v) is 5.97. The highest BCUT2D eigenvalue weighted by atomic mass is 32.2. The second kappa shape index (κ2) is 8.57. The largest absolute Gasteiger partial charge is 0.352 e. The first-order chi connectivity index (χ1) is 11.8. The first-order valence-corrected chi connectivity index (χ1v) is 10.4. The molecule has 1 saturated heterocycles. The predicted molar refractivity (Wildman–Crippen MR) is 97.6 cm³/mol. The summed E-state index contributed by atoms with van der Waals surface area (Å²) in [4.78, 5) is 24.6. The van der Waals surface area contributed by atoms with Gasteiger partial charge in [-0.3, -0.25) is 4.79 Å². The van der Waals surface area contributed by atoms with Crippen LogP contribution in [0.4, 0.5) is 5.82 Å². The molecule has 2 heterocycles. The van der Waals surface area contributed by atoms with Gasteiger partial charge in [0.1, 0.15) is 11.5 Å². The van der Waals surface area contributed by atoms with Crippen LogP contribution in [-0.4, -0.2) is 80.5 Å². The third kappa shape index (κ3) is 5.64. The number of hydrogen-bond acceptors (Lipinski definition) is 7. The van der Waals surface area contributed by atoms with Gasteiger partial charge in [0.05, 0.1) is 23.9 Å². The number of nitrogens with one attached hydrogen (secondary N) is 1. The summed E-state index contributed by atoms with van der Waals surface area (Å²) >= 11 is 0. The zero-order valence-corrected chi connectivity index (χ0v) is 15.9. The van der Waals surface area contributed by atoms with Crippen LogP contribution in [0.3, 0.4) is 0 Å². The Balaban J connectivity index is 1.95. The highest BCUT2D eigenvalue weighted by Crippen LogP contribution is 2.22. The number of carbonyl (C=O) groups excluding carboxylic acids is 1. The number of nitrogens with zero attached hydrogens (tertiary/aromatic N) is 4. The van der Waals surface area contributed by atoms with Crippen molar-refractivity contribution in [3.8, 4) is 0 Å². The molecular weight excluding hydrogens is 342 g/mol. The summed E-state index contributed by atoms with van der Waals surface area (Å²) in [6.45, 7) is 4.09. The van der Waals surface area contributed by atoms with E-state index in [2.05, 4.69) is 20.2 Å². The number of sulfone groups is 1. The van der Waals surface area contributed by atoms with E-state index in [0.29, 0.717) is 25.3 Å². The number of carbonyl (C=O) groups is 1. The number of aromatic nitrogens is 2. The summed E-state index contributed by atoms with van der Waals surface area (Å²) in [6, 6.07) is -0.0741. The van der Waals surface area contributed by atoms with Gasteiger partial charge in [0.15, 0.2) is 9.84 Å². The summed E-state index contributed by atoms with van der Waals surface area (Å²) in [7, 11) is 1.02. The number of rotatable bonds is 8. The quantitative estimate of drug-likeness (QED) is 0.653. The highest BCUT2D eigenvalue weighted by molar-refractivity contribution is 7.91. The van der Waals surface area contributed by atoms with Gasteiger partial charge in [0, 0.05) is 19.1 Å². The average Bonchev–Trinajstić information content (AvgIpc) is 2.92. The van der Waals surface area contributed by atoms with Crippen LogP contribution in [0.1, 0.15) is 30.3 Å². The van der Waals surface area contributed by atoms with Crippen LogP contribution >= 0.6 is 0 Å². The summed E-state index contributed by atoms with van der Waals surface area (Å²) < 4.78 is 23.4. The number of anilines is 1. The Morgan fingerprint density at radius 2 is 2.08 bits per heavy atom. The van der Waals surface area contributed by atoms with E-state index < -0.39 is 9.84 Å². The molecule has 1 atom stereocenters. The van der Waals surface area contributed by atoms with Crippen molar-refractivity contribution >= 4 is 21.6 Å². The maximum absolute atomic E-state index is 12.1. The molecule has 0 aromatic carbocycles. The summed E-state index contributed by atoms with van der Waals surface area (Å²) in [5.74, 6) is 0.726. The highest BCUT2D eigenvalue weighted by Gasteiger charge is 2.32. The van der Waals surface area contributed by atoms with Crippen molar-refractivity contribution in [3.05, 3.63) is 18.1 Å². The molecule has 2 rings (SSSR count). The predicted octanol–water partition coefficient (Wildman–Crippen LogP) is 0.172. The van der Waals surface area contributed by atoms with Crippen molar-refractivity contribution < 1.29 is 13.2 Å². The fourth-order valence-electron chi connectivity index (χ4n) is 2.90. The van der Waals surface area contributed by atoms with Crippen molar-refractivity contribution in [3.63, 3.8) is 0 Å². The fraction of sp³-hybridized carbons (Fsp3) is 0.688. The molecule has 25 heavy (non-hydrogen) atoms. The number of hydrogen-bond donors (Lipinski definition) is 1. The molecule has 1 fully saturated rings. The van der Waals surface area contributed by atoms with Crippen molar-refractivity contribution in [2.45, 2.75) is 25.8 Å². The Morgan fingerprint density at radius 3 is 2.60 bits per heavy atom. The smallest absolute Gasteiger partial charge is 0.271 e. The van der Waals surface area contributed by atoms with E-state index in [0.717, 1.165) is 13.0 Å². The lowest BCUT2D eigenvalue weighted by atomic mass is 10.2. The van der Waals surface area contributed by atoms with Crippen LogP contribution in [0.25, 0.3) is 0 Å². The van der Waals surface area contributed by atoms with E-state index >= 15 is 0 Å². The Labute approximate surface area is 149 Å². The first-order valence-electron chi connectivity index (χ1n) is 8.54. The monoisotopic (exact) mass is 369 g/mol. The molecule has 1 aliphatic heterocycles. The molecule has 9 heteroatoms. The molecule has 1 aromatic heterocycles. The zero-order chi connectivity index (χ0) is 18.4. The van der Waals surface area contributed by atoms with E-state index in [4.69, 9.17) is 0 Å². The summed E-state index contributed by atoms with van der Waals surface area (Å²) in [6.07, 6.45) is 4.46. The average molecular weight is 369 g/mol. The van der Waals surface area contributed by atoms with Crippen LogP contribution in [0.2, 0.25) is 0 Å². The van der Waals surface area contributed by atoms with Crippen LogP contribution in [-0.2, 0) is 9.84 Å². The SMILES string of the molecule is CCN(c1cnc(C(=O)NCCCN(C)C)cn1)C1CCS(=O)(=O)C1. The molecule has 0 saturated carbocycles. The normalized spacial score (nSPS) is 19.1. The first kappa shape index (κ1) is 19.6. The van der Waals surface area contributed by atoms with E-state index in [9.17, 15) is 13.2 Å². The van der Waals surface area contributed by atoms with Crippen molar-refractivity contribution in [1.29, 1.82) is 0 Å². The Bertz CT molecular complexity index is 676. The Hall–Kier alpha value is -1.74. The Kier molecular flexibility index (Phi) is 6.71. The van der Waals surface area contributed by atoms with Crippen LogP contribution in [0.15, 0.2) is 12.4 Å². The van der Waals surface area contributed by atoms with Gasteiger partial charge >= 0.3 is 0 Å². The Morgan fingerprint density at radius 1 is 1.32 bits per heavy atom. The molecule has 1 amide bonds. The van der Waals surface area contributed by atoms with Crippen molar-refractivity contribution in [1.82, 2.24) is 20.2 Å². The summed E-state index contributed by atoms with van der Waals surface area (Å²) in [5.41, 5.74) is 0.267. The van der Waals surface area contributed by atoms with Gasteiger partial charge in [-0.15, -0.1) is 0 Å². The molecule has 0 aliphatic carbocycles. The van der Waals surface area contributed by atoms with E-state index in [1.807, 2.05) is 25.9 Å². The molecule has 8 nitrogen and oxygen atoms in total. The van der Waals surface area contributed by atoms with E-state index in [-0.39, 0.29) is 29.1 Å². The standard InChI is InChI=1S/C16H27N5O3S/c1-4-21(13-6-9-25(23,24)12-13)15-11-18-14(10-19-15)16(22)17-7-5-8-20(2)3/h10-11,13H,4-9,12H2,1-3H3,(H,17,22). The van der Waals surface area contributed by atoms with Gasteiger partial charge in [0.2, 0.25) is 0 Å². The minimum absolute atomic E-state index is 0.0741. The lowest BCUT2D eigenvalue weighted by Gasteiger charge is -2.27. The van der Waals surface area contributed by atoms with Gasteiger partial charge in [0.25, 0.3) is 5.91 Å². The van der Waals surface area contributed by atoms with E-state index in [1.165, 1.54) is 6.20 Å². The van der Waals surface area contributed by atoms with Gasteiger partial charge < -0.3 is 15.1 Å². The van der Waals surface area contributed by atoms with Gasteiger partial charge in [-0.2, -0.15) is 0 Å². The molecule has 0 spiro atoms. The second-order valence-electron chi connectivity index (χ2n) is 6.52. The van der Waals surface area contributed by atoms with Crippen molar-refractivity contribution in [2.24, 2.45) is 0 Å². The van der Waals surface area contributed by atoms with E-state index in [1.54, 1.807) is 6.20 Å². The minimum Gasteiger partial charge on any atom is -0.352 e. The lowest BCUT2D eigenvalue weighted by molar-refractivity contribution is 0.0947. The van der Waals surface area contributed by atoms with Crippen LogP contribution in [0.5, 0.6) is 0 Å². The lowest BCUT2D eigenvalue weighted by Crippen LogP contribution is -2.37. The molecule has 140 valence electrons. The van der Waals surface area contributed by atoms with Crippen LogP contribution < -0.4 is 10.2 Å². The maximum atomic E-state index is 12.1. The number of amides is 1. The molecule has 0 radical (unpaired) electrons. The molecule has 1 aromatic rings. The van der Waals surface area contributed by atoms with Crippen LogP contribution in [0, 0.1) is 0 Å². The fourth-order valence-corrected chi connectivity index (χ4v) is 4.63. The molecule has 1 unspecified atom stereocenters. The second-order valence-corrected chi connectivity index (χ2v) is 8.74. The van der Waals surface area contributed by atoms with Gasteiger partial charge in [-0.1, -0.05) is 0 Å². The topological polar surface area (TPSA) is 95.5 Å². The van der Waals surface area contributed by atoms with Gasteiger partial charge in [-0.05, 0) is 40.4 Å². The zero-order valence-electron chi connectivity index (χ0n) is 15.1. The minimum atomic E-state index is -2.96. The molecule has 1 N–H and O–H groups in total. The summed E-state index contributed by atoms with van der Waals surface area (Å²) in [5, 5.41) is 2.82. The molecule has 1 aliphatic rings. The molecule has 0 bridgehead atoms.